The third kappa shape index (κ3) is 3.72. The summed E-state index contributed by atoms with van der Waals surface area (Å²) in [5.41, 5.74) is 2.34. The molecule has 1 saturated heterocycles. The highest BCUT2D eigenvalue weighted by molar-refractivity contribution is 6.30. The number of ether oxygens (including phenoxy) is 1. The van der Waals surface area contributed by atoms with Crippen LogP contribution in [0.15, 0.2) is 60.2 Å². The molecule has 2 aromatic rings. The van der Waals surface area contributed by atoms with Crippen LogP contribution in [0.3, 0.4) is 0 Å². The second-order valence-corrected chi connectivity index (χ2v) is 9.10. The first-order valence-corrected chi connectivity index (χ1v) is 11.1. The first-order chi connectivity index (χ1) is 15.8. The number of amides is 3. The number of carbonyl (C=O) groups excluding carboxylic acids is 4. The van der Waals surface area contributed by atoms with Gasteiger partial charge in [0.25, 0.3) is 5.91 Å². The number of halogens is 1. The van der Waals surface area contributed by atoms with Crippen LogP contribution >= 0.6 is 11.6 Å². The topological polar surface area (TPSA) is 92.8 Å². The summed E-state index contributed by atoms with van der Waals surface area (Å²) in [6, 6.07) is 12.7. The van der Waals surface area contributed by atoms with E-state index < -0.39 is 18.5 Å². The minimum atomic E-state index is -0.684. The van der Waals surface area contributed by atoms with Gasteiger partial charge < -0.3 is 10.1 Å². The van der Waals surface area contributed by atoms with Gasteiger partial charge in [-0.2, -0.15) is 0 Å². The van der Waals surface area contributed by atoms with Crippen molar-refractivity contribution >= 4 is 46.7 Å². The molecule has 168 valence electrons. The fourth-order valence-electron chi connectivity index (χ4n) is 5.25. The van der Waals surface area contributed by atoms with Gasteiger partial charge in [0.2, 0.25) is 11.8 Å². The molecule has 2 aliphatic carbocycles. The molecule has 7 nitrogen and oxygen atoms in total. The molecule has 1 N–H and O–H groups in total. The number of anilines is 2. The maximum absolute atomic E-state index is 13.0. The van der Waals surface area contributed by atoms with Crippen LogP contribution in [0.25, 0.3) is 0 Å². The lowest BCUT2D eigenvalue weighted by Gasteiger charge is -2.19. The number of fused-ring (bicyclic) bond motifs is 5. The van der Waals surface area contributed by atoms with Gasteiger partial charge in [-0.05, 0) is 67.6 Å². The Labute approximate surface area is 195 Å². The number of carbonyl (C=O) groups is 4. The molecule has 1 heterocycles. The lowest BCUT2D eigenvalue weighted by atomic mass is 9.82. The summed E-state index contributed by atoms with van der Waals surface area (Å²) >= 11 is 5.88. The Hall–Kier alpha value is -3.45. The highest BCUT2D eigenvalue weighted by Crippen LogP contribution is 2.55. The molecule has 1 aliphatic heterocycles. The smallest absolute Gasteiger partial charge is 0.338 e. The van der Waals surface area contributed by atoms with Crippen LogP contribution < -0.4 is 10.2 Å². The van der Waals surface area contributed by atoms with Crippen LogP contribution in [-0.2, 0) is 19.1 Å². The number of hydrogen-bond acceptors (Lipinski definition) is 5. The number of nitrogens with zero attached hydrogens (tertiary/aromatic N) is 1. The summed E-state index contributed by atoms with van der Waals surface area (Å²) in [6.07, 6.45) is 3.00. The average Bonchev–Trinajstić information content (AvgIpc) is 3.42. The van der Waals surface area contributed by atoms with Gasteiger partial charge in [0, 0.05) is 10.7 Å². The van der Waals surface area contributed by atoms with Crippen LogP contribution in [0.2, 0.25) is 5.02 Å². The molecule has 2 aromatic carbocycles. The predicted octanol–water partition coefficient (Wildman–Crippen LogP) is 3.84. The zero-order valence-electron chi connectivity index (χ0n) is 17.8. The lowest BCUT2D eigenvalue weighted by Crippen LogP contribution is -2.33. The zero-order valence-corrected chi connectivity index (χ0v) is 18.5. The molecular weight excluding hydrogens is 444 g/mol. The third-order valence-corrected chi connectivity index (χ3v) is 6.92. The highest BCUT2D eigenvalue weighted by atomic mass is 35.5. The molecule has 5 rings (SSSR count). The van der Waals surface area contributed by atoms with E-state index in [0.29, 0.717) is 16.4 Å². The largest absolute Gasteiger partial charge is 0.452 e. The average molecular weight is 465 g/mol. The van der Waals surface area contributed by atoms with E-state index in [4.69, 9.17) is 16.3 Å². The fraction of sp³-hybridized carbons (Fsp3) is 0.280. The molecule has 8 heteroatoms. The molecular formula is C25H21ClN2O5. The molecule has 3 amide bonds. The van der Waals surface area contributed by atoms with Crippen molar-refractivity contribution in [3.63, 3.8) is 0 Å². The highest BCUT2D eigenvalue weighted by Gasteiger charge is 2.60. The monoisotopic (exact) mass is 464 g/mol. The molecule has 3 aliphatic rings. The van der Waals surface area contributed by atoms with E-state index in [1.54, 1.807) is 36.4 Å². The van der Waals surface area contributed by atoms with Crippen LogP contribution in [0.1, 0.15) is 23.7 Å². The minimum absolute atomic E-state index is 0.133. The quantitative estimate of drug-likeness (QED) is 0.412. The number of rotatable bonds is 5. The first kappa shape index (κ1) is 21.4. The van der Waals surface area contributed by atoms with Crippen LogP contribution in [0, 0.1) is 23.7 Å². The van der Waals surface area contributed by atoms with Crippen molar-refractivity contribution < 1.29 is 23.9 Å². The fourth-order valence-corrected chi connectivity index (χ4v) is 5.44. The van der Waals surface area contributed by atoms with Crippen molar-refractivity contribution in [1.29, 1.82) is 0 Å². The Morgan fingerprint density at radius 2 is 1.82 bits per heavy atom. The third-order valence-electron chi connectivity index (χ3n) is 6.68. The molecule has 0 spiro atoms. The summed E-state index contributed by atoms with van der Waals surface area (Å²) in [5.74, 6) is -1.81. The summed E-state index contributed by atoms with van der Waals surface area (Å²) in [7, 11) is 0. The van der Waals surface area contributed by atoms with Crippen molar-refractivity contribution in [2.45, 2.75) is 13.3 Å². The Morgan fingerprint density at radius 1 is 1.09 bits per heavy atom. The summed E-state index contributed by atoms with van der Waals surface area (Å²) in [6.45, 7) is 1.56. The van der Waals surface area contributed by atoms with Gasteiger partial charge in [-0.3, -0.25) is 19.3 Å². The molecule has 0 unspecified atom stereocenters. The van der Waals surface area contributed by atoms with Crippen LogP contribution in [0.5, 0.6) is 0 Å². The van der Waals surface area contributed by atoms with Crippen molar-refractivity contribution in [1.82, 2.24) is 0 Å². The lowest BCUT2D eigenvalue weighted by molar-refractivity contribution is -0.123. The standard InChI is InChI=1S/C25H21ClN2O5/c1-13-9-15-10-19(13)22-21(15)23(30)28(24(22)31)18-7-5-14(6-8-18)25(32)33-12-20(29)27-17-4-2-3-16(26)11-17/h2-9,11,15,19,21-22H,10,12H2,1H3,(H,27,29)/t15-,19+,21+,22-/m0/s1. The van der Waals surface area contributed by atoms with E-state index >= 15 is 0 Å². The van der Waals surface area contributed by atoms with E-state index in [9.17, 15) is 19.2 Å². The number of nitrogens with one attached hydrogen (secondary N) is 1. The first-order valence-electron chi connectivity index (χ1n) is 10.7. The molecule has 33 heavy (non-hydrogen) atoms. The second kappa shape index (κ2) is 8.15. The normalized spacial score (nSPS) is 25.2. The molecule has 1 saturated carbocycles. The van der Waals surface area contributed by atoms with Gasteiger partial charge in [-0.15, -0.1) is 0 Å². The molecule has 2 bridgehead atoms. The van der Waals surface area contributed by atoms with Crippen molar-refractivity contribution in [2.75, 3.05) is 16.8 Å². The molecule has 0 radical (unpaired) electrons. The van der Waals surface area contributed by atoms with Crippen LogP contribution in [0.4, 0.5) is 11.4 Å². The Morgan fingerprint density at radius 3 is 2.55 bits per heavy atom. The second-order valence-electron chi connectivity index (χ2n) is 8.66. The Kier molecular flexibility index (Phi) is 5.29. The Balaban J connectivity index is 1.21. The van der Waals surface area contributed by atoms with Crippen molar-refractivity contribution in [3.8, 4) is 0 Å². The van der Waals surface area contributed by atoms with Gasteiger partial charge in [-0.1, -0.05) is 29.3 Å². The van der Waals surface area contributed by atoms with Gasteiger partial charge in [-0.25, -0.2) is 4.79 Å². The number of imide groups is 1. The molecule has 4 atom stereocenters. The molecule has 0 aromatic heterocycles. The number of allylic oxidation sites excluding steroid dienone is 2. The minimum Gasteiger partial charge on any atom is -0.452 e. The number of benzene rings is 2. The van der Waals surface area contributed by atoms with Crippen molar-refractivity contribution in [3.05, 3.63) is 70.8 Å². The van der Waals surface area contributed by atoms with Gasteiger partial charge >= 0.3 is 5.97 Å². The van der Waals surface area contributed by atoms with E-state index in [2.05, 4.69) is 11.4 Å². The number of esters is 1. The van der Waals surface area contributed by atoms with E-state index in [1.807, 2.05) is 6.92 Å². The van der Waals surface area contributed by atoms with Crippen molar-refractivity contribution in [2.24, 2.45) is 23.7 Å². The zero-order chi connectivity index (χ0) is 23.3. The van der Waals surface area contributed by atoms with E-state index in [0.717, 1.165) is 6.42 Å². The Bertz CT molecular complexity index is 1210. The predicted molar refractivity (Wildman–Crippen MR) is 122 cm³/mol. The van der Waals surface area contributed by atoms with Gasteiger partial charge in [0.05, 0.1) is 23.1 Å². The summed E-state index contributed by atoms with van der Waals surface area (Å²) in [5, 5.41) is 3.07. The maximum atomic E-state index is 13.0. The van der Waals surface area contributed by atoms with E-state index in [-0.39, 0.29) is 41.0 Å². The van der Waals surface area contributed by atoms with E-state index in [1.165, 1.54) is 22.6 Å². The number of hydrogen-bond donors (Lipinski definition) is 1. The SMILES string of the molecule is CC1=C[C@H]2C[C@H]1[C@@H]1C(=O)N(c3ccc(C(=O)OCC(=O)Nc4cccc(Cl)c4)cc3)C(=O)[C@@H]12. The summed E-state index contributed by atoms with van der Waals surface area (Å²) < 4.78 is 5.07. The van der Waals surface area contributed by atoms with Gasteiger partial charge in [0.15, 0.2) is 6.61 Å². The maximum Gasteiger partial charge on any atom is 0.338 e. The van der Waals surface area contributed by atoms with Gasteiger partial charge in [0.1, 0.15) is 0 Å². The molecule has 2 fully saturated rings. The van der Waals surface area contributed by atoms with Crippen LogP contribution in [-0.4, -0.2) is 30.3 Å². The summed E-state index contributed by atoms with van der Waals surface area (Å²) in [4.78, 5) is 51.6.